The van der Waals surface area contributed by atoms with Crippen LogP contribution in [0.25, 0.3) is 0 Å². The summed E-state index contributed by atoms with van der Waals surface area (Å²) in [4.78, 5) is 46.6. The van der Waals surface area contributed by atoms with E-state index < -0.39 is 28.7 Å². The molecule has 0 aromatic carbocycles. The van der Waals surface area contributed by atoms with Gasteiger partial charge in [0.25, 0.3) is 5.91 Å². The summed E-state index contributed by atoms with van der Waals surface area (Å²) >= 11 is 0.876. The SMILES string of the molecule is CC(=O)OCC(C)(C)[C@H]1OC(=O)SCCNC(=O)CCNC1=O. The Morgan fingerprint density at radius 1 is 1.30 bits per heavy atom. The van der Waals surface area contributed by atoms with Gasteiger partial charge in [-0.3, -0.25) is 14.4 Å². The highest BCUT2D eigenvalue weighted by atomic mass is 32.2. The Morgan fingerprint density at radius 2 is 2.00 bits per heavy atom. The zero-order valence-electron chi connectivity index (χ0n) is 13.5. The summed E-state index contributed by atoms with van der Waals surface area (Å²) < 4.78 is 10.2. The highest BCUT2D eigenvalue weighted by molar-refractivity contribution is 8.13. The minimum atomic E-state index is -1.12. The average molecular weight is 346 g/mol. The van der Waals surface area contributed by atoms with Crippen LogP contribution in [0.15, 0.2) is 0 Å². The van der Waals surface area contributed by atoms with E-state index in [1.807, 2.05) is 0 Å². The van der Waals surface area contributed by atoms with Crippen molar-refractivity contribution < 1.29 is 28.7 Å². The predicted octanol–water partition coefficient (Wildman–Crippen LogP) is 0.450. The smallest absolute Gasteiger partial charge is 0.368 e. The van der Waals surface area contributed by atoms with Crippen molar-refractivity contribution in [3.05, 3.63) is 0 Å². The third-order valence-corrected chi connectivity index (χ3v) is 3.85. The van der Waals surface area contributed by atoms with Crippen LogP contribution >= 0.6 is 11.8 Å². The molecule has 0 aliphatic carbocycles. The first-order valence-electron chi connectivity index (χ1n) is 7.23. The zero-order chi connectivity index (χ0) is 17.5. The summed E-state index contributed by atoms with van der Waals surface area (Å²) in [6.07, 6.45) is -0.981. The van der Waals surface area contributed by atoms with E-state index in [9.17, 15) is 19.2 Å². The van der Waals surface area contributed by atoms with Crippen LogP contribution in [0.5, 0.6) is 0 Å². The number of esters is 1. The van der Waals surface area contributed by atoms with E-state index in [1.54, 1.807) is 13.8 Å². The largest absolute Gasteiger partial charge is 0.465 e. The summed E-state index contributed by atoms with van der Waals surface area (Å²) in [5.41, 5.74) is -0.904. The van der Waals surface area contributed by atoms with Crippen LogP contribution in [0.2, 0.25) is 0 Å². The number of nitrogens with one attached hydrogen (secondary N) is 2. The van der Waals surface area contributed by atoms with Gasteiger partial charge in [0.2, 0.25) is 5.91 Å². The maximum atomic E-state index is 12.3. The molecule has 130 valence electrons. The molecule has 1 saturated heterocycles. The van der Waals surface area contributed by atoms with E-state index >= 15 is 0 Å². The second-order valence-corrected chi connectivity index (χ2v) is 6.79. The number of rotatable bonds is 3. The Hall–Kier alpha value is -1.77. The Labute approximate surface area is 139 Å². The van der Waals surface area contributed by atoms with Gasteiger partial charge in [-0.2, -0.15) is 0 Å². The van der Waals surface area contributed by atoms with E-state index in [4.69, 9.17) is 9.47 Å². The Bertz CT molecular complexity index is 480. The van der Waals surface area contributed by atoms with E-state index in [-0.39, 0.29) is 25.5 Å². The maximum absolute atomic E-state index is 12.3. The minimum Gasteiger partial charge on any atom is -0.465 e. The monoisotopic (exact) mass is 346 g/mol. The second kappa shape index (κ2) is 8.76. The lowest BCUT2D eigenvalue weighted by Gasteiger charge is -2.32. The van der Waals surface area contributed by atoms with Crippen molar-refractivity contribution in [1.82, 2.24) is 10.6 Å². The first-order valence-corrected chi connectivity index (χ1v) is 8.22. The zero-order valence-corrected chi connectivity index (χ0v) is 14.3. The number of carbonyl (C=O) groups excluding carboxylic acids is 4. The minimum absolute atomic E-state index is 0.0706. The van der Waals surface area contributed by atoms with Crippen molar-refractivity contribution in [2.45, 2.75) is 33.3 Å². The lowest BCUT2D eigenvalue weighted by Crippen LogP contribution is -2.49. The van der Waals surface area contributed by atoms with Gasteiger partial charge in [-0.1, -0.05) is 13.8 Å². The number of hydrogen-bond donors (Lipinski definition) is 2. The van der Waals surface area contributed by atoms with Crippen LogP contribution in [0.4, 0.5) is 4.79 Å². The number of hydrogen-bond acceptors (Lipinski definition) is 7. The van der Waals surface area contributed by atoms with Crippen molar-refractivity contribution in [2.75, 3.05) is 25.4 Å². The van der Waals surface area contributed by atoms with Gasteiger partial charge in [0, 0.05) is 37.6 Å². The summed E-state index contributed by atoms with van der Waals surface area (Å²) in [6, 6.07) is 0. The maximum Gasteiger partial charge on any atom is 0.368 e. The molecule has 1 fully saturated rings. The molecule has 8 nitrogen and oxygen atoms in total. The van der Waals surface area contributed by atoms with Crippen LogP contribution < -0.4 is 10.6 Å². The second-order valence-electron chi connectivity index (χ2n) is 5.76. The van der Waals surface area contributed by atoms with Gasteiger partial charge in [-0.05, 0) is 11.8 Å². The quantitative estimate of drug-likeness (QED) is 0.714. The summed E-state index contributed by atoms with van der Waals surface area (Å²) in [7, 11) is 0. The molecule has 0 aromatic rings. The molecule has 0 saturated carbocycles. The summed E-state index contributed by atoms with van der Waals surface area (Å²) in [5, 5.41) is 4.59. The first-order chi connectivity index (χ1) is 10.7. The normalized spacial score (nSPS) is 21.2. The van der Waals surface area contributed by atoms with Crippen LogP contribution in [0.3, 0.4) is 0 Å². The van der Waals surface area contributed by atoms with Crippen LogP contribution in [-0.2, 0) is 23.9 Å². The van der Waals surface area contributed by atoms with Gasteiger partial charge < -0.3 is 20.1 Å². The fraction of sp³-hybridized carbons (Fsp3) is 0.714. The molecule has 1 rings (SSSR count). The average Bonchev–Trinajstić information content (AvgIpc) is 2.46. The number of amides is 2. The lowest BCUT2D eigenvalue weighted by molar-refractivity contribution is -0.151. The highest BCUT2D eigenvalue weighted by Gasteiger charge is 2.39. The molecule has 1 aliphatic rings. The molecular weight excluding hydrogens is 324 g/mol. The predicted molar refractivity (Wildman–Crippen MR) is 83.8 cm³/mol. The molecule has 1 aliphatic heterocycles. The van der Waals surface area contributed by atoms with Gasteiger partial charge in [-0.25, -0.2) is 4.79 Å². The molecule has 2 amide bonds. The van der Waals surface area contributed by atoms with E-state index in [0.29, 0.717) is 12.3 Å². The molecule has 0 spiro atoms. The third kappa shape index (κ3) is 6.89. The van der Waals surface area contributed by atoms with Crippen molar-refractivity contribution in [2.24, 2.45) is 5.41 Å². The summed E-state index contributed by atoms with van der Waals surface area (Å²) in [6.45, 7) is 4.99. The Morgan fingerprint density at radius 3 is 2.65 bits per heavy atom. The molecule has 1 heterocycles. The van der Waals surface area contributed by atoms with Crippen molar-refractivity contribution in [3.63, 3.8) is 0 Å². The Balaban J connectivity index is 2.84. The molecule has 0 unspecified atom stereocenters. The molecule has 0 aromatic heterocycles. The molecule has 0 bridgehead atoms. The topological polar surface area (TPSA) is 111 Å². The lowest BCUT2D eigenvalue weighted by atomic mass is 9.86. The molecule has 23 heavy (non-hydrogen) atoms. The molecular formula is C14H22N2O6S. The van der Waals surface area contributed by atoms with Crippen LogP contribution in [-0.4, -0.2) is 54.6 Å². The number of ether oxygens (including phenoxy) is 2. The van der Waals surface area contributed by atoms with Gasteiger partial charge >= 0.3 is 11.3 Å². The third-order valence-electron chi connectivity index (χ3n) is 3.10. The van der Waals surface area contributed by atoms with Crippen LogP contribution in [0, 0.1) is 5.41 Å². The molecule has 9 heteroatoms. The van der Waals surface area contributed by atoms with Crippen molar-refractivity contribution in [3.8, 4) is 0 Å². The molecule has 1 atom stereocenters. The Kier molecular flexibility index (Phi) is 7.34. The standard InChI is InChI=1S/C14H22N2O6S/c1-9(17)21-8-14(2,3)11-12(19)16-5-4-10(18)15-6-7-23-13(20)22-11/h11H,4-8H2,1-3H3,(H,15,18)(H,16,19)/t11-/m0/s1. The fourth-order valence-electron chi connectivity index (χ4n) is 1.87. The van der Waals surface area contributed by atoms with E-state index in [2.05, 4.69) is 10.6 Å². The number of thioether (sulfide) groups is 1. The van der Waals surface area contributed by atoms with Crippen molar-refractivity contribution in [1.29, 1.82) is 0 Å². The number of carbonyl (C=O) groups is 4. The molecule has 0 radical (unpaired) electrons. The van der Waals surface area contributed by atoms with Gasteiger partial charge in [0.1, 0.15) is 6.61 Å². The fourth-order valence-corrected chi connectivity index (χ4v) is 2.40. The molecule has 2 N–H and O–H groups in total. The van der Waals surface area contributed by atoms with Crippen molar-refractivity contribution >= 4 is 34.8 Å². The van der Waals surface area contributed by atoms with E-state index in [1.165, 1.54) is 6.92 Å². The van der Waals surface area contributed by atoms with Gasteiger partial charge in [-0.15, -0.1) is 0 Å². The van der Waals surface area contributed by atoms with E-state index in [0.717, 1.165) is 11.8 Å². The first kappa shape index (κ1) is 19.3. The highest BCUT2D eigenvalue weighted by Crippen LogP contribution is 2.26. The number of cyclic esters (lactones) is 1. The summed E-state index contributed by atoms with van der Waals surface area (Å²) in [5.74, 6) is -0.854. The van der Waals surface area contributed by atoms with Gasteiger partial charge in [0.15, 0.2) is 6.10 Å². The van der Waals surface area contributed by atoms with Gasteiger partial charge in [0.05, 0.1) is 0 Å². The van der Waals surface area contributed by atoms with Crippen LogP contribution in [0.1, 0.15) is 27.2 Å².